The lowest BCUT2D eigenvalue weighted by Crippen LogP contribution is -2.43. The summed E-state index contributed by atoms with van der Waals surface area (Å²) >= 11 is 0. The summed E-state index contributed by atoms with van der Waals surface area (Å²) < 4.78 is 19.3. The molecule has 5 nitrogen and oxygen atoms in total. The van der Waals surface area contributed by atoms with Gasteiger partial charge in [0.1, 0.15) is 11.4 Å². The van der Waals surface area contributed by atoms with Gasteiger partial charge in [-0.25, -0.2) is 9.18 Å². The van der Waals surface area contributed by atoms with Crippen molar-refractivity contribution in [1.29, 1.82) is 0 Å². The molecule has 0 bridgehead atoms. The van der Waals surface area contributed by atoms with Gasteiger partial charge in [-0.2, -0.15) is 0 Å². The maximum absolute atomic E-state index is 13.5. The quantitative estimate of drug-likeness (QED) is 0.733. The molecule has 2 fully saturated rings. The second-order valence-electron chi connectivity index (χ2n) is 9.19. The molecule has 3 aliphatic rings. The Morgan fingerprint density at radius 2 is 1.87 bits per heavy atom. The van der Waals surface area contributed by atoms with Gasteiger partial charge in [0.05, 0.1) is 5.56 Å². The van der Waals surface area contributed by atoms with E-state index in [-0.39, 0.29) is 29.7 Å². The number of nitrogens with zero attached hydrogens (tertiary/aromatic N) is 1. The topological polar surface area (TPSA) is 68.3 Å². The van der Waals surface area contributed by atoms with Crippen molar-refractivity contribution in [3.05, 3.63) is 65.2 Å². The third kappa shape index (κ3) is 3.84. The van der Waals surface area contributed by atoms with Gasteiger partial charge >= 0.3 is 5.97 Å². The van der Waals surface area contributed by atoms with Gasteiger partial charge in [-0.3, -0.25) is 9.78 Å². The zero-order chi connectivity index (χ0) is 21.4. The van der Waals surface area contributed by atoms with Crippen molar-refractivity contribution in [1.82, 2.24) is 10.3 Å². The van der Waals surface area contributed by atoms with Crippen molar-refractivity contribution in [2.45, 2.75) is 68.9 Å². The van der Waals surface area contributed by atoms with Crippen LogP contribution in [0.3, 0.4) is 0 Å². The number of pyridine rings is 1. The summed E-state index contributed by atoms with van der Waals surface area (Å²) in [7, 11) is 0. The molecule has 1 amide bonds. The number of amides is 1. The third-order valence-corrected chi connectivity index (χ3v) is 7.38. The zero-order valence-electron chi connectivity index (χ0n) is 17.5. The van der Waals surface area contributed by atoms with E-state index in [1.165, 1.54) is 6.07 Å². The minimum absolute atomic E-state index is 0.0500. The lowest BCUT2D eigenvalue weighted by molar-refractivity contribution is -0.129. The number of rotatable bonds is 3. The molecule has 0 unspecified atom stereocenters. The Hall–Kier alpha value is -2.76. The van der Waals surface area contributed by atoms with E-state index in [0.717, 1.165) is 36.8 Å². The highest BCUT2D eigenvalue weighted by atomic mass is 19.1. The number of esters is 1. The van der Waals surface area contributed by atoms with Crippen molar-refractivity contribution in [2.24, 2.45) is 5.92 Å². The molecular weight excluding hydrogens is 395 g/mol. The van der Waals surface area contributed by atoms with Gasteiger partial charge in [-0.15, -0.1) is 0 Å². The summed E-state index contributed by atoms with van der Waals surface area (Å²) in [6.45, 7) is 0. The number of hydrogen-bond acceptors (Lipinski definition) is 4. The van der Waals surface area contributed by atoms with E-state index in [0.29, 0.717) is 37.2 Å². The molecule has 0 saturated heterocycles. The van der Waals surface area contributed by atoms with Gasteiger partial charge in [0, 0.05) is 29.9 Å². The van der Waals surface area contributed by atoms with Crippen LogP contribution in [0.25, 0.3) is 0 Å². The van der Waals surface area contributed by atoms with Gasteiger partial charge in [0.15, 0.2) is 0 Å². The third-order valence-electron chi connectivity index (χ3n) is 7.38. The standard InChI is InChI=1S/C25H27FN2O3/c26-19-3-1-2-18(14-19)16-4-6-20(7-5-16)28-23(29)17-8-11-25(12-9-17)22-15-27-13-10-21(22)24(30)31-25/h1-3,10,13-17,20H,4-9,11-12H2,(H,28,29)/t16-,17?,20-,25?. The second-order valence-corrected chi connectivity index (χ2v) is 9.19. The molecule has 1 N–H and O–H groups in total. The first kappa shape index (κ1) is 20.2. The fourth-order valence-corrected chi connectivity index (χ4v) is 5.59. The number of nitrogens with one attached hydrogen (secondary N) is 1. The number of hydrogen-bond donors (Lipinski definition) is 1. The number of halogens is 1. The van der Waals surface area contributed by atoms with Crippen molar-refractivity contribution < 1.29 is 18.7 Å². The van der Waals surface area contributed by atoms with Crippen LogP contribution in [0.1, 0.15) is 78.8 Å². The van der Waals surface area contributed by atoms with Crippen LogP contribution in [0.5, 0.6) is 0 Å². The molecule has 0 radical (unpaired) electrons. The molecule has 1 aromatic carbocycles. The van der Waals surface area contributed by atoms with E-state index < -0.39 is 5.60 Å². The first-order valence-corrected chi connectivity index (χ1v) is 11.3. The minimum atomic E-state index is -0.611. The Balaban J connectivity index is 1.14. The van der Waals surface area contributed by atoms with Gasteiger partial charge in [0.2, 0.25) is 5.91 Å². The normalized spacial score (nSPS) is 30.0. The molecule has 1 spiro atoms. The van der Waals surface area contributed by atoms with E-state index in [4.69, 9.17) is 4.74 Å². The Bertz CT molecular complexity index is 992. The number of ether oxygens (including phenoxy) is 1. The molecule has 2 aliphatic carbocycles. The van der Waals surface area contributed by atoms with Crippen LogP contribution in [0.2, 0.25) is 0 Å². The average Bonchev–Trinajstić information content (AvgIpc) is 3.06. The highest BCUT2D eigenvalue weighted by Gasteiger charge is 2.48. The summed E-state index contributed by atoms with van der Waals surface area (Å²) in [5.41, 5.74) is 1.92. The van der Waals surface area contributed by atoms with Crippen molar-refractivity contribution in [2.75, 3.05) is 0 Å². The maximum Gasteiger partial charge on any atom is 0.339 e. The fraction of sp³-hybridized carbons (Fsp3) is 0.480. The lowest BCUT2D eigenvalue weighted by atomic mass is 9.75. The van der Waals surface area contributed by atoms with Crippen LogP contribution in [-0.2, 0) is 15.1 Å². The lowest BCUT2D eigenvalue weighted by Gasteiger charge is -2.36. The zero-order valence-corrected chi connectivity index (χ0v) is 17.5. The number of carbonyl (C=O) groups is 2. The van der Waals surface area contributed by atoms with E-state index in [1.807, 2.05) is 6.07 Å². The summed E-state index contributed by atoms with van der Waals surface area (Å²) in [6, 6.07) is 8.77. The molecule has 2 aromatic rings. The van der Waals surface area contributed by atoms with E-state index in [2.05, 4.69) is 10.3 Å². The first-order chi connectivity index (χ1) is 15.0. The van der Waals surface area contributed by atoms with Crippen LogP contribution in [-0.4, -0.2) is 22.9 Å². The minimum Gasteiger partial charge on any atom is -0.450 e. The Morgan fingerprint density at radius 3 is 2.61 bits per heavy atom. The number of carbonyl (C=O) groups excluding carboxylic acids is 2. The van der Waals surface area contributed by atoms with Gasteiger partial charge in [-0.1, -0.05) is 12.1 Å². The second kappa shape index (κ2) is 8.06. The molecular formula is C25H27FN2O3. The van der Waals surface area contributed by atoms with Crippen molar-refractivity contribution >= 4 is 11.9 Å². The Labute approximate surface area is 181 Å². The molecule has 31 heavy (non-hydrogen) atoms. The molecule has 5 rings (SSSR count). The van der Waals surface area contributed by atoms with Gasteiger partial charge in [-0.05, 0) is 81.0 Å². The van der Waals surface area contributed by atoms with Crippen molar-refractivity contribution in [3.8, 4) is 0 Å². The van der Waals surface area contributed by atoms with Crippen LogP contribution in [0.15, 0.2) is 42.7 Å². The molecule has 0 atom stereocenters. The largest absolute Gasteiger partial charge is 0.450 e. The predicted molar refractivity (Wildman–Crippen MR) is 113 cm³/mol. The summed E-state index contributed by atoms with van der Waals surface area (Å²) in [6.07, 6.45) is 9.81. The summed E-state index contributed by atoms with van der Waals surface area (Å²) in [4.78, 5) is 29.3. The fourth-order valence-electron chi connectivity index (χ4n) is 5.59. The van der Waals surface area contributed by atoms with Crippen LogP contribution in [0.4, 0.5) is 4.39 Å². The molecule has 2 saturated carbocycles. The van der Waals surface area contributed by atoms with Crippen LogP contribution >= 0.6 is 0 Å². The highest BCUT2D eigenvalue weighted by molar-refractivity contribution is 5.94. The van der Waals surface area contributed by atoms with E-state index >= 15 is 0 Å². The number of fused-ring (bicyclic) bond motifs is 2. The van der Waals surface area contributed by atoms with Crippen LogP contribution < -0.4 is 5.32 Å². The maximum atomic E-state index is 13.5. The molecule has 2 heterocycles. The molecule has 162 valence electrons. The predicted octanol–water partition coefficient (Wildman–Crippen LogP) is 4.62. The smallest absolute Gasteiger partial charge is 0.339 e. The average molecular weight is 423 g/mol. The van der Waals surface area contributed by atoms with Crippen LogP contribution in [0, 0.1) is 11.7 Å². The van der Waals surface area contributed by atoms with E-state index in [9.17, 15) is 14.0 Å². The molecule has 1 aliphatic heterocycles. The number of benzene rings is 1. The summed E-state index contributed by atoms with van der Waals surface area (Å²) in [5, 5.41) is 3.25. The van der Waals surface area contributed by atoms with Gasteiger partial charge < -0.3 is 10.1 Å². The first-order valence-electron chi connectivity index (χ1n) is 11.3. The number of aromatic nitrogens is 1. The molecule has 1 aromatic heterocycles. The highest BCUT2D eigenvalue weighted by Crippen LogP contribution is 2.47. The van der Waals surface area contributed by atoms with Crippen molar-refractivity contribution in [3.63, 3.8) is 0 Å². The Morgan fingerprint density at radius 1 is 1.10 bits per heavy atom. The SMILES string of the molecule is O=C1OC2(CCC(C(=O)N[C@H]3CC[C@H](c4cccc(F)c4)CC3)CC2)c2cnccc21. The molecule has 6 heteroatoms. The summed E-state index contributed by atoms with van der Waals surface area (Å²) in [5.74, 6) is -0.0420. The van der Waals surface area contributed by atoms with E-state index in [1.54, 1.807) is 30.6 Å². The monoisotopic (exact) mass is 422 g/mol. The van der Waals surface area contributed by atoms with Gasteiger partial charge in [0.25, 0.3) is 0 Å². The Kier molecular flexibility index (Phi) is 5.24.